The molecule has 1 amide bonds. The number of nitrogens with one attached hydrogen (secondary N) is 2. The summed E-state index contributed by atoms with van der Waals surface area (Å²) in [6.45, 7) is 1.89. The second kappa shape index (κ2) is 5.71. The summed E-state index contributed by atoms with van der Waals surface area (Å²) in [6, 6.07) is 7.44. The minimum Gasteiger partial charge on any atom is -0.366 e. The standard InChI is InChI=1S/C12H14ClN5O/c1-7(6-8-4-2-3-5-9(8)13)15-11(19)10-16-12(14)18-17-10/h2-5,7H,6H2,1H3,(H,15,19)(H3,14,16,17,18). The molecule has 0 spiro atoms. The number of nitrogens with two attached hydrogens (primary N) is 1. The second-order valence-electron chi connectivity index (χ2n) is 4.21. The predicted octanol–water partition coefficient (Wildman–Crippen LogP) is 1.40. The minimum atomic E-state index is -0.344. The summed E-state index contributed by atoms with van der Waals surface area (Å²) in [5.74, 6) is -0.198. The fraction of sp³-hybridized carbons (Fsp3) is 0.250. The Balaban J connectivity index is 1.96. The molecule has 100 valence electrons. The van der Waals surface area contributed by atoms with Crippen molar-refractivity contribution in [2.75, 3.05) is 5.73 Å². The Bertz CT molecular complexity index is 583. The summed E-state index contributed by atoms with van der Waals surface area (Å²) in [5, 5.41) is 9.55. The molecule has 2 aromatic rings. The highest BCUT2D eigenvalue weighted by atomic mass is 35.5. The smallest absolute Gasteiger partial charge is 0.288 e. The zero-order valence-corrected chi connectivity index (χ0v) is 11.1. The van der Waals surface area contributed by atoms with Gasteiger partial charge in [-0.2, -0.15) is 4.98 Å². The van der Waals surface area contributed by atoms with E-state index in [0.29, 0.717) is 11.4 Å². The number of nitrogens with zero attached hydrogens (tertiary/aromatic N) is 2. The molecule has 7 heteroatoms. The molecule has 0 saturated carbocycles. The molecule has 2 rings (SSSR count). The number of amides is 1. The first-order chi connectivity index (χ1) is 9.06. The molecule has 4 N–H and O–H groups in total. The molecule has 1 atom stereocenters. The maximum Gasteiger partial charge on any atom is 0.288 e. The number of nitrogen functional groups attached to an aromatic ring is 1. The van der Waals surface area contributed by atoms with Crippen LogP contribution in [-0.2, 0) is 6.42 Å². The SMILES string of the molecule is CC(Cc1ccccc1Cl)NC(=O)c1nc(N)n[nH]1. The fourth-order valence-corrected chi connectivity index (χ4v) is 1.93. The lowest BCUT2D eigenvalue weighted by molar-refractivity contribution is 0.0930. The summed E-state index contributed by atoms with van der Waals surface area (Å²) >= 11 is 6.07. The number of carbonyl (C=O) groups is 1. The van der Waals surface area contributed by atoms with Gasteiger partial charge >= 0.3 is 0 Å². The van der Waals surface area contributed by atoms with Gasteiger partial charge in [0.25, 0.3) is 5.91 Å². The lowest BCUT2D eigenvalue weighted by Gasteiger charge is -2.13. The average molecular weight is 280 g/mol. The Morgan fingerprint density at radius 3 is 2.89 bits per heavy atom. The molecule has 0 saturated heterocycles. The monoisotopic (exact) mass is 279 g/mol. The minimum absolute atomic E-state index is 0.0453. The average Bonchev–Trinajstić information content (AvgIpc) is 2.79. The van der Waals surface area contributed by atoms with Gasteiger partial charge in [0.2, 0.25) is 11.8 Å². The van der Waals surface area contributed by atoms with Gasteiger partial charge in [0.15, 0.2) is 0 Å². The Hall–Kier alpha value is -2.08. The van der Waals surface area contributed by atoms with Crippen molar-refractivity contribution < 1.29 is 4.79 Å². The topological polar surface area (TPSA) is 96.7 Å². The number of aromatic nitrogens is 3. The molecule has 0 radical (unpaired) electrons. The first-order valence-electron chi connectivity index (χ1n) is 5.78. The van der Waals surface area contributed by atoms with Gasteiger partial charge in [-0.25, -0.2) is 0 Å². The van der Waals surface area contributed by atoms with Crippen LogP contribution in [0.3, 0.4) is 0 Å². The highest BCUT2D eigenvalue weighted by Crippen LogP contribution is 2.16. The quantitative estimate of drug-likeness (QED) is 0.788. The molecular formula is C12H14ClN5O. The van der Waals surface area contributed by atoms with Crippen LogP contribution in [0.15, 0.2) is 24.3 Å². The van der Waals surface area contributed by atoms with Gasteiger partial charge in [0, 0.05) is 11.1 Å². The van der Waals surface area contributed by atoms with Crippen molar-refractivity contribution in [3.63, 3.8) is 0 Å². The maximum absolute atomic E-state index is 11.8. The molecule has 1 unspecified atom stereocenters. The highest BCUT2D eigenvalue weighted by Gasteiger charge is 2.14. The molecule has 1 aromatic heterocycles. The van der Waals surface area contributed by atoms with E-state index < -0.39 is 0 Å². The van der Waals surface area contributed by atoms with E-state index in [0.717, 1.165) is 5.56 Å². The van der Waals surface area contributed by atoms with E-state index in [1.807, 2.05) is 31.2 Å². The number of benzene rings is 1. The van der Waals surface area contributed by atoms with Crippen molar-refractivity contribution in [2.24, 2.45) is 0 Å². The van der Waals surface area contributed by atoms with Gasteiger partial charge in [-0.15, -0.1) is 5.10 Å². The van der Waals surface area contributed by atoms with Crippen LogP contribution < -0.4 is 11.1 Å². The summed E-state index contributed by atoms with van der Waals surface area (Å²) in [6.07, 6.45) is 0.634. The first kappa shape index (κ1) is 13.4. The third-order valence-corrected chi connectivity index (χ3v) is 2.95. The van der Waals surface area contributed by atoms with Crippen molar-refractivity contribution in [3.8, 4) is 0 Å². The van der Waals surface area contributed by atoms with Crippen LogP contribution in [0.25, 0.3) is 0 Å². The number of H-pyrrole nitrogens is 1. The summed E-state index contributed by atoms with van der Waals surface area (Å²) in [5.41, 5.74) is 6.32. The van der Waals surface area contributed by atoms with E-state index in [2.05, 4.69) is 20.5 Å². The van der Waals surface area contributed by atoms with Crippen LogP contribution >= 0.6 is 11.6 Å². The molecular weight excluding hydrogens is 266 g/mol. The summed E-state index contributed by atoms with van der Waals surface area (Å²) < 4.78 is 0. The van der Waals surface area contributed by atoms with Crippen LogP contribution in [0.2, 0.25) is 5.02 Å². The van der Waals surface area contributed by atoms with Crippen molar-refractivity contribution in [2.45, 2.75) is 19.4 Å². The summed E-state index contributed by atoms with van der Waals surface area (Å²) in [4.78, 5) is 15.6. The number of aromatic amines is 1. The van der Waals surface area contributed by atoms with Gasteiger partial charge in [-0.3, -0.25) is 9.89 Å². The van der Waals surface area contributed by atoms with Gasteiger partial charge < -0.3 is 11.1 Å². The molecule has 19 heavy (non-hydrogen) atoms. The largest absolute Gasteiger partial charge is 0.366 e. The molecule has 1 heterocycles. The van der Waals surface area contributed by atoms with E-state index in [1.165, 1.54) is 0 Å². The zero-order valence-electron chi connectivity index (χ0n) is 10.4. The third-order valence-electron chi connectivity index (χ3n) is 2.58. The van der Waals surface area contributed by atoms with Crippen LogP contribution in [0, 0.1) is 0 Å². The second-order valence-corrected chi connectivity index (χ2v) is 4.62. The van der Waals surface area contributed by atoms with E-state index in [4.69, 9.17) is 17.3 Å². The Kier molecular flexibility index (Phi) is 4.01. The van der Waals surface area contributed by atoms with Crippen molar-refractivity contribution in [1.29, 1.82) is 0 Å². The van der Waals surface area contributed by atoms with Crippen LogP contribution in [0.5, 0.6) is 0 Å². The zero-order chi connectivity index (χ0) is 13.8. The molecule has 0 aliphatic rings. The van der Waals surface area contributed by atoms with Crippen molar-refractivity contribution in [3.05, 3.63) is 40.7 Å². The van der Waals surface area contributed by atoms with Crippen LogP contribution in [-0.4, -0.2) is 27.1 Å². The van der Waals surface area contributed by atoms with Crippen molar-refractivity contribution in [1.82, 2.24) is 20.5 Å². The number of halogens is 1. The normalized spacial score (nSPS) is 12.1. The number of anilines is 1. The Morgan fingerprint density at radius 2 is 2.26 bits per heavy atom. The Morgan fingerprint density at radius 1 is 1.53 bits per heavy atom. The molecule has 0 aliphatic heterocycles. The van der Waals surface area contributed by atoms with Gasteiger partial charge in [0.1, 0.15) is 0 Å². The first-order valence-corrected chi connectivity index (χ1v) is 6.16. The van der Waals surface area contributed by atoms with Crippen LogP contribution in [0.1, 0.15) is 23.1 Å². The lowest BCUT2D eigenvalue weighted by atomic mass is 10.1. The molecule has 0 fully saturated rings. The van der Waals surface area contributed by atoms with Crippen molar-refractivity contribution >= 4 is 23.5 Å². The van der Waals surface area contributed by atoms with Gasteiger partial charge in [-0.05, 0) is 25.0 Å². The number of hydrogen-bond donors (Lipinski definition) is 3. The fourth-order valence-electron chi connectivity index (χ4n) is 1.71. The predicted molar refractivity (Wildman–Crippen MR) is 72.9 cm³/mol. The molecule has 0 aliphatic carbocycles. The van der Waals surface area contributed by atoms with E-state index in [9.17, 15) is 4.79 Å². The van der Waals surface area contributed by atoms with E-state index >= 15 is 0 Å². The molecule has 1 aromatic carbocycles. The van der Waals surface area contributed by atoms with E-state index in [1.54, 1.807) is 0 Å². The van der Waals surface area contributed by atoms with E-state index in [-0.39, 0.29) is 23.7 Å². The summed E-state index contributed by atoms with van der Waals surface area (Å²) in [7, 11) is 0. The number of carbonyl (C=O) groups excluding carboxylic acids is 1. The highest BCUT2D eigenvalue weighted by molar-refractivity contribution is 6.31. The van der Waals surface area contributed by atoms with Gasteiger partial charge in [0.05, 0.1) is 0 Å². The number of hydrogen-bond acceptors (Lipinski definition) is 4. The third kappa shape index (κ3) is 3.45. The Labute approximate surface area is 115 Å². The van der Waals surface area contributed by atoms with Crippen LogP contribution in [0.4, 0.5) is 5.95 Å². The maximum atomic E-state index is 11.8. The molecule has 0 bridgehead atoms. The van der Waals surface area contributed by atoms with Gasteiger partial charge in [-0.1, -0.05) is 29.8 Å². The number of rotatable bonds is 4. The molecule has 6 nitrogen and oxygen atoms in total. The lowest BCUT2D eigenvalue weighted by Crippen LogP contribution is -2.34.